The summed E-state index contributed by atoms with van der Waals surface area (Å²) >= 11 is 0. The Morgan fingerprint density at radius 2 is 1.59 bits per heavy atom. The van der Waals surface area contributed by atoms with Gasteiger partial charge in [-0.05, 0) is 86.9 Å². The van der Waals surface area contributed by atoms with Gasteiger partial charge in [0.25, 0.3) is 11.8 Å². The summed E-state index contributed by atoms with van der Waals surface area (Å²) in [5.41, 5.74) is 0.566. The van der Waals surface area contributed by atoms with Crippen LogP contribution in [0.5, 0.6) is 0 Å². The molecule has 0 N–H and O–H groups in total. The third-order valence-electron chi connectivity index (χ3n) is 8.54. The van der Waals surface area contributed by atoms with Crippen molar-refractivity contribution < 1.29 is 9.59 Å². The van der Waals surface area contributed by atoms with Crippen LogP contribution < -0.4 is 0 Å². The fourth-order valence-corrected chi connectivity index (χ4v) is 8.31. The van der Waals surface area contributed by atoms with Crippen LogP contribution in [0.3, 0.4) is 0 Å². The zero-order valence-electron chi connectivity index (χ0n) is 13.1. The Balaban J connectivity index is 1.54. The topological polar surface area (TPSA) is 37.4 Å². The third-order valence-corrected chi connectivity index (χ3v) is 8.54. The molecule has 4 atom stereocenters. The lowest BCUT2D eigenvalue weighted by molar-refractivity contribution is -0.253. The summed E-state index contributed by atoms with van der Waals surface area (Å²) in [6.45, 7) is 1.81. The molecule has 7 aliphatic carbocycles. The van der Waals surface area contributed by atoms with Crippen molar-refractivity contribution in [3.63, 3.8) is 0 Å². The SMILES string of the molecule is CC1=CC(=O)N(C23CC4CC5C6CC(CC52)CC3C6C4)C1=O. The lowest BCUT2D eigenvalue weighted by Gasteiger charge is -2.75. The fourth-order valence-electron chi connectivity index (χ4n) is 8.31. The second kappa shape index (κ2) is 3.52. The molecular weight excluding hydrogens is 274 g/mol. The molecule has 8 bridgehead atoms. The van der Waals surface area contributed by atoms with Crippen LogP contribution in [0.1, 0.15) is 45.4 Å². The van der Waals surface area contributed by atoms with E-state index in [-0.39, 0.29) is 17.4 Å². The molecular formula is C19H23NO2. The summed E-state index contributed by atoms with van der Waals surface area (Å²) in [6, 6.07) is 0. The maximum Gasteiger partial charge on any atom is 0.257 e. The van der Waals surface area contributed by atoms with Crippen LogP contribution >= 0.6 is 0 Å². The van der Waals surface area contributed by atoms with E-state index in [1.54, 1.807) is 11.0 Å². The molecule has 3 heteroatoms. The average molecular weight is 297 g/mol. The number of carbonyl (C=O) groups excluding carboxylic acids is 2. The Morgan fingerprint density at radius 1 is 0.955 bits per heavy atom. The summed E-state index contributed by atoms with van der Waals surface area (Å²) in [5.74, 6) is 5.47. The van der Waals surface area contributed by atoms with Gasteiger partial charge in [0.05, 0.1) is 5.54 Å². The van der Waals surface area contributed by atoms with Crippen molar-refractivity contribution in [3.05, 3.63) is 11.6 Å². The van der Waals surface area contributed by atoms with Crippen LogP contribution in [-0.2, 0) is 9.59 Å². The first kappa shape index (κ1) is 12.3. The molecule has 8 aliphatic rings. The van der Waals surface area contributed by atoms with Gasteiger partial charge >= 0.3 is 0 Å². The number of hydrogen-bond donors (Lipinski definition) is 0. The Kier molecular flexibility index (Phi) is 1.97. The first-order chi connectivity index (χ1) is 10.6. The highest BCUT2D eigenvalue weighted by Gasteiger charge is 2.73. The molecule has 0 aromatic carbocycles. The van der Waals surface area contributed by atoms with Crippen molar-refractivity contribution in [1.82, 2.24) is 4.90 Å². The number of hydrogen-bond acceptors (Lipinski definition) is 2. The van der Waals surface area contributed by atoms with E-state index in [1.165, 1.54) is 32.1 Å². The monoisotopic (exact) mass is 297 g/mol. The Morgan fingerprint density at radius 3 is 2.18 bits per heavy atom. The van der Waals surface area contributed by atoms with Crippen LogP contribution in [-0.4, -0.2) is 22.3 Å². The smallest absolute Gasteiger partial charge is 0.257 e. The molecule has 0 aromatic rings. The van der Waals surface area contributed by atoms with Crippen LogP contribution in [0.2, 0.25) is 0 Å². The summed E-state index contributed by atoms with van der Waals surface area (Å²) in [5, 5.41) is 0. The van der Waals surface area contributed by atoms with Crippen LogP contribution in [0.15, 0.2) is 11.6 Å². The van der Waals surface area contributed by atoms with E-state index in [4.69, 9.17) is 0 Å². The minimum Gasteiger partial charge on any atom is -0.269 e. The average Bonchev–Trinajstić information content (AvgIpc) is 2.77. The molecule has 22 heavy (non-hydrogen) atoms. The predicted octanol–water partition coefficient (Wildman–Crippen LogP) is 2.76. The minimum atomic E-state index is -0.0909. The van der Waals surface area contributed by atoms with E-state index in [1.807, 2.05) is 6.92 Å². The predicted molar refractivity (Wildman–Crippen MR) is 80.5 cm³/mol. The molecule has 116 valence electrons. The molecule has 0 aromatic heterocycles. The maximum absolute atomic E-state index is 12.8. The quantitative estimate of drug-likeness (QED) is 0.698. The number of nitrogens with zero attached hydrogens (tertiary/aromatic N) is 1. The van der Waals surface area contributed by atoms with Gasteiger partial charge in [-0.3, -0.25) is 14.5 Å². The molecule has 0 spiro atoms. The molecule has 1 aliphatic heterocycles. The molecule has 3 nitrogen and oxygen atoms in total. The van der Waals surface area contributed by atoms with Gasteiger partial charge < -0.3 is 0 Å². The molecule has 1 heterocycles. The number of imide groups is 1. The molecule has 4 unspecified atom stereocenters. The number of carbonyl (C=O) groups is 2. The summed E-state index contributed by atoms with van der Waals surface area (Å²) in [6.07, 6.45) is 9.50. The Labute approximate surface area is 131 Å². The lowest BCUT2D eigenvalue weighted by atomic mass is 9.33. The van der Waals surface area contributed by atoms with Gasteiger partial charge in [-0.1, -0.05) is 0 Å². The highest BCUT2D eigenvalue weighted by molar-refractivity contribution is 6.16. The standard InChI is InChI=1S/C19H23NO2/c1-9-2-17(21)20(18(9)22)19-8-11-4-13-12-3-10(6-15(13)19)7-16(19)14(12)5-11/h2,10-16H,3-8H2,1H3. The lowest BCUT2D eigenvalue weighted by Crippen LogP contribution is -2.77. The van der Waals surface area contributed by atoms with Gasteiger partial charge in [-0.25, -0.2) is 0 Å². The Bertz CT molecular complexity index is 626. The zero-order chi connectivity index (χ0) is 14.8. The van der Waals surface area contributed by atoms with E-state index in [9.17, 15) is 9.59 Å². The summed E-state index contributed by atoms with van der Waals surface area (Å²) in [4.78, 5) is 27.2. The van der Waals surface area contributed by atoms with Crippen molar-refractivity contribution in [2.45, 2.75) is 51.0 Å². The van der Waals surface area contributed by atoms with Crippen molar-refractivity contribution in [1.29, 1.82) is 0 Å². The van der Waals surface area contributed by atoms with Crippen molar-refractivity contribution >= 4 is 11.8 Å². The van der Waals surface area contributed by atoms with Crippen molar-refractivity contribution in [3.8, 4) is 0 Å². The molecule has 7 saturated carbocycles. The van der Waals surface area contributed by atoms with E-state index in [0.29, 0.717) is 17.4 Å². The van der Waals surface area contributed by atoms with E-state index < -0.39 is 0 Å². The van der Waals surface area contributed by atoms with E-state index in [2.05, 4.69) is 0 Å². The highest BCUT2D eigenvalue weighted by atomic mass is 16.2. The second-order valence-corrected chi connectivity index (χ2v) is 9.12. The zero-order valence-corrected chi connectivity index (χ0v) is 13.1. The molecule has 8 rings (SSSR count). The van der Waals surface area contributed by atoms with Gasteiger partial charge in [-0.2, -0.15) is 0 Å². The van der Waals surface area contributed by atoms with Gasteiger partial charge in [-0.15, -0.1) is 0 Å². The number of amides is 2. The van der Waals surface area contributed by atoms with Gasteiger partial charge in [0.1, 0.15) is 0 Å². The van der Waals surface area contributed by atoms with Gasteiger partial charge in [0.2, 0.25) is 0 Å². The summed E-state index contributed by atoms with van der Waals surface area (Å²) < 4.78 is 0. The molecule has 0 saturated heterocycles. The Hall–Kier alpha value is -1.12. The van der Waals surface area contributed by atoms with Crippen LogP contribution in [0.25, 0.3) is 0 Å². The van der Waals surface area contributed by atoms with Gasteiger partial charge in [0, 0.05) is 11.6 Å². The van der Waals surface area contributed by atoms with Crippen molar-refractivity contribution in [2.24, 2.45) is 41.4 Å². The number of rotatable bonds is 1. The molecule has 0 radical (unpaired) electrons. The highest BCUT2D eigenvalue weighted by Crippen LogP contribution is 2.74. The van der Waals surface area contributed by atoms with Crippen LogP contribution in [0.4, 0.5) is 0 Å². The minimum absolute atomic E-state index is 0.00461. The maximum atomic E-state index is 12.8. The third kappa shape index (κ3) is 1.11. The first-order valence-corrected chi connectivity index (χ1v) is 9.16. The molecule has 2 amide bonds. The second-order valence-electron chi connectivity index (χ2n) is 9.12. The van der Waals surface area contributed by atoms with Crippen LogP contribution in [0, 0.1) is 41.4 Å². The fraction of sp³-hybridized carbons (Fsp3) is 0.789. The van der Waals surface area contributed by atoms with E-state index >= 15 is 0 Å². The van der Waals surface area contributed by atoms with Gasteiger partial charge in [0.15, 0.2) is 0 Å². The van der Waals surface area contributed by atoms with Crippen molar-refractivity contribution in [2.75, 3.05) is 0 Å². The first-order valence-electron chi connectivity index (χ1n) is 9.16. The molecule has 7 fully saturated rings. The van der Waals surface area contributed by atoms with E-state index in [0.717, 1.165) is 36.0 Å². The largest absolute Gasteiger partial charge is 0.269 e. The summed E-state index contributed by atoms with van der Waals surface area (Å²) in [7, 11) is 0. The normalized spacial score (nSPS) is 57.2.